The summed E-state index contributed by atoms with van der Waals surface area (Å²) < 4.78 is 5.11. The minimum Gasteiger partial charge on any atom is -0.451 e. The number of anilines is 1. The molecule has 0 aliphatic rings. The lowest BCUT2D eigenvalue weighted by molar-refractivity contribution is -0.119. The number of amides is 1. The molecule has 1 N–H and O–H groups in total. The molecule has 1 aromatic heterocycles. The average Bonchev–Trinajstić information content (AvgIpc) is 3.13. The summed E-state index contributed by atoms with van der Waals surface area (Å²) in [7, 11) is 0. The van der Waals surface area contributed by atoms with Crippen LogP contribution in [-0.2, 0) is 9.53 Å². The first-order valence-corrected chi connectivity index (χ1v) is 9.85. The predicted octanol–water partition coefficient (Wildman–Crippen LogP) is 5.18. The van der Waals surface area contributed by atoms with Gasteiger partial charge in [0.25, 0.3) is 5.91 Å². The van der Waals surface area contributed by atoms with E-state index in [1.54, 1.807) is 17.5 Å². The minimum absolute atomic E-state index is 0.162. The molecule has 3 aromatic rings. The van der Waals surface area contributed by atoms with E-state index in [1.165, 1.54) is 11.3 Å². The van der Waals surface area contributed by atoms with E-state index in [2.05, 4.69) is 10.3 Å². The fourth-order valence-corrected chi connectivity index (χ4v) is 3.86. The number of aryl methyl sites for hydroxylation is 3. The van der Waals surface area contributed by atoms with Crippen molar-refractivity contribution < 1.29 is 14.3 Å². The van der Waals surface area contributed by atoms with Crippen LogP contribution in [-0.4, -0.2) is 23.5 Å². The number of aromatic nitrogens is 1. The van der Waals surface area contributed by atoms with E-state index in [0.717, 1.165) is 27.9 Å². The Balaban J connectivity index is 1.61. The Labute approximate surface area is 172 Å². The summed E-state index contributed by atoms with van der Waals surface area (Å²) in [6, 6.07) is 11.2. The first kappa shape index (κ1) is 20.0. The number of nitrogens with one attached hydrogen (secondary N) is 1. The summed E-state index contributed by atoms with van der Waals surface area (Å²) in [5, 5.41) is 5.65. The number of halogens is 1. The van der Waals surface area contributed by atoms with Crippen LogP contribution in [0.5, 0.6) is 0 Å². The Morgan fingerprint density at radius 2 is 1.86 bits per heavy atom. The normalized spacial score (nSPS) is 10.6. The maximum Gasteiger partial charge on any atom is 0.358 e. The van der Waals surface area contributed by atoms with Gasteiger partial charge in [-0.15, -0.1) is 11.3 Å². The Morgan fingerprint density at radius 1 is 1.14 bits per heavy atom. The summed E-state index contributed by atoms with van der Waals surface area (Å²) in [4.78, 5) is 28.7. The van der Waals surface area contributed by atoms with E-state index in [0.29, 0.717) is 10.0 Å². The molecule has 0 unspecified atom stereocenters. The van der Waals surface area contributed by atoms with Gasteiger partial charge < -0.3 is 10.1 Å². The van der Waals surface area contributed by atoms with E-state index in [4.69, 9.17) is 16.3 Å². The molecule has 3 rings (SSSR count). The number of hydrogen-bond acceptors (Lipinski definition) is 5. The molecule has 1 amide bonds. The van der Waals surface area contributed by atoms with Crippen LogP contribution in [0, 0.1) is 20.8 Å². The van der Waals surface area contributed by atoms with E-state index >= 15 is 0 Å². The molecule has 0 bridgehead atoms. The molecule has 0 saturated carbocycles. The van der Waals surface area contributed by atoms with Gasteiger partial charge in [-0.25, -0.2) is 9.78 Å². The second kappa shape index (κ2) is 8.54. The van der Waals surface area contributed by atoms with Crippen molar-refractivity contribution >= 4 is 40.5 Å². The number of carbonyl (C=O) groups is 2. The lowest BCUT2D eigenvalue weighted by Gasteiger charge is -2.12. The molecular weight excluding hydrogens is 396 g/mol. The van der Waals surface area contributed by atoms with Crippen LogP contribution in [0.25, 0.3) is 10.6 Å². The zero-order chi connectivity index (χ0) is 20.3. The third kappa shape index (κ3) is 4.77. The number of carbonyl (C=O) groups excluding carboxylic acids is 2. The van der Waals surface area contributed by atoms with Crippen molar-refractivity contribution in [1.82, 2.24) is 4.98 Å². The quantitative estimate of drug-likeness (QED) is 0.584. The summed E-state index contributed by atoms with van der Waals surface area (Å²) >= 11 is 7.30. The van der Waals surface area contributed by atoms with E-state index in [-0.39, 0.29) is 12.3 Å². The molecule has 0 atom stereocenters. The van der Waals surface area contributed by atoms with Crippen LogP contribution >= 0.6 is 22.9 Å². The standard InChI is InChI=1S/C21H19ClN2O3S/c1-12-7-13(2)19(14(3)8-12)24-18(25)10-27-21(26)17-11-28-20(23-17)15-5-4-6-16(22)9-15/h4-9,11H,10H2,1-3H3,(H,24,25). The topological polar surface area (TPSA) is 68.3 Å². The van der Waals surface area contributed by atoms with Crippen molar-refractivity contribution in [2.75, 3.05) is 11.9 Å². The Bertz CT molecular complexity index is 1020. The molecular formula is C21H19ClN2O3S. The van der Waals surface area contributed by atoms with Crippen LogP contribution in [0.15, 0.2) is 41.8 Å². The number of rotatable bonds is 5. The summed E-state index contributed by atoms with van der Waals surface area (Å²) in [5.41, 5.74) is 4.77. The second-order valence-electron chi connectivity index (χ2n) is 6.45. The van der Waals surface area contributed by atoms with Crippen LogP contribution in [0.2, 0.25) is 5.02 Å². The lowest BCUT2D eigenvalue weighted by atomic mass is 10.1. The number of esters is 1. The molecule has 0 spiro atoms. The van der Waals surface area contributed by atoms with Crippen LogP contribution in [0.3, 0.4) is 0 Å². The van der Waals surface area contributed by atoms with Gasteiger partial charge in [-0.3, -0.25) is 4.79 Å². The van der Waals surface area contributed by atoms with Gasteiger partial charge in [0.1, 0.15) is 5.01 Å². The van der Waals surface area contributed by atoms with Crippen molar-refractivity contribution in [3.8, 4) is 10.6 Å². The molecule has 0 saturated heterocycles. The van der Waals surface area contributed by atoms with Gasteiger partial charge in [-0.05, 0) is 44.0 Å². The second-order valence-corrected chi connectivity index (χ2v) is 7.74. The monoisotopic (exact) mass is 414 g/mol. The number of benzene rings is 2. The molecule has 7 heteroatoms. The highest BCUT2D eigenvalue weighted by atomic mass is 35.5. The minimum atomic E-state index is -0.642. The fraction of sp³-hybridized carbons (Fsp3) is 0.190. The van der Waals surface area contributed by atoms with Gasteiger partial charge in [-0.1, -0.05) is 41.4 Å². The summed E-state index contributed by atoms with van der Waals surface area (Å²) in [6.45, 7) is 5.47. The van der Waals surface area contributed by atoms with Crippen molar-refractivity contribution in [3.63, 3.8) is 0 Å². The van der Waals surface area contributed by atoms with Crippen molar-refractivity contribution in [2.45, 2.75) is 20.8 Å². The van der Waals surface area contributed by atoms with Gasteiger partial charge in [0, 0.05) is 21.7 Å². The van der Waals surface area contributed by atoms with Crippen LogP contribution in [0.1, 0.15) is 27.2 Å². The van der Waals surface area contributed by atoms with Gasteiger partial charge >= 0.3 is 5.97 Å². The van der Waals surface area contributed by atoms with E-state index < -0.39 is 11.9 Å². The van der Waals surface area contributed by atoms with Crippen LogP contribution < -0.4 is 5.32 Å². The van der Waals surface area contributed by atoms with Gasteiger partial charge in [0.2, 0.25) is 0 Å². The fourth-order valence-electron chi connectivity index (χ4n) is 2.88. The molecule has 0 fully saturated rings. The highest BCUT2D eigenvalue weighted by Gasteiger charge is 2.16. The SMILES string of the molecule is Cc1cc(C)c(NC(=O)COC(=O)c2csc(-c3cccc(Cl)c3)n2)c(C)c1. The number of ether oxygens (including phenoxy) is 1. The molecule has 0 aliphatic carbocycles. The van der Waals surface area contributed by atoms with E-state index in [9.17, 15) is 9.59 Å². The largest absolute Gasteiger partial charge is 0.451 e. The number of nitrogens with zero attached hydrogens (tertiary/aromatic N) is 1. The summed E-state index contributed by atoms with van der Waals surface area (Å²) in [6.07, 6.45) is 0. The smallest absolute Gasteiger partial charge is 0.358 e. The van der Waals surface area contributed by atoms with Crippen LogP contribution in [0.4, 0.5) is 5.69 Å². The maximum absolute atomic E-state index is 12.2. The number of thiazole rings is 1. The Hall–Kier alpha value is -2.70. The maximum atomic E-state index is 12.2. The summed E-state index contributed by atoms with van der Waals surface area (Å²) in [5.74, 6) is -1.04. The third-order valence-corrected chi connectivity index (χ3v) is 5.19. The van der Waals surface area contributed by atoms with Gasteiger partial charge in [0.15, 0.2) is 12.3 Å². The van der Waals surface area contributed by atoms with Gasteiger partial charge in [-0.2, -0.15) is 0 Å². The van der Waals surface area contributed by atoms with Crippen molar-refractivity contribution in [3.05, 3.63) is 69.2 Å². The number of hydrogen-bond donors (Lipinski definition) is 1. The highest BCUT2D eigenvalue weighted by molar-refractivity contribution is 7.13. The molecule has 28 heavy (non-hydrogen) atoms. The first-order chi connectivity index (χ1) is 13.3. The first-order valence-electron chi connectivity index (χ1n) is 8.60. The van der Waals surface area contributed by atoms with Gasteiger partial charge in [0.05, 0.1) is 0 Å². The molecule has 144 valence electrons. The Morgan fingerprint density at radius 3 is 2.54 bits per heavy atom. The average molecular weight is 415 g/mol. The zero-order valence-corrected chi connectivity index (χ0v) is 17.3. The molecule has 0 radical (unpaired) electrons. The zero-order valence-electron chi connectivity index (χ0n) is 15.7. The molecule has 0 aliphatic heterocycles. The molecule has 5 nitrogen and oxygen atoms in total. The highest BCUT2D eigenvalue weighted by Crippen LogP contribution is 2.26. The van der Waals surface area contributed by atoms with E-state index in [1.807, 2.05) is 45.0 Å². The predicted molar refractivity (Wildman–Crippen MR) is 112 cm³/mol. The lowest BCUT2D eigenvalue weighted by Crippen LogP contribution is -2.22. The molecule has 2 aromatic carbocycles. The third-order valence-electron chi connectivity index (χ3n) is 4.06. The van der Waals surface area contributed by atoms with Crippen molar-refractivity contribution in [2.24, 2.45) is 0 Å². The Kier molecular flexibility index (Phi) is 6.11. The molecule has 1 heterocycles. The van der Waals surface area contributed by atoms with Crippen molar-refractivity contribution in [1.29, 1.82) is 0 Å².